The lowest BCUT2D eigenvalue weighted by Crippen LogP contribution is -2.14. The summed E-state index contributed by atoms with van der Waals surface area (Å²) < 4.78 is 6.95. The first kappa shape index (κ1) is 24.7. The topological polar surface area (TPSA) is 98.1 Å². The van der Waals surface area contributed by atoms with E-state index in [1.54, 1.807) is 37.5 Å². The summed E-state index contributed by atoms with van der Waals surface area (Å²) in [5.74, 6) is 1.16. The number of hydrogen-bond donors (Lipinski definition) is 2. The van der Waals surface area contributed by atoms with Gasteiger partial charge in [-0.2, -0.15) is 0 Å². The molecule has 0 bridgehead atoms. The van der Waals surface area contributed by atoms with Crippen LogP contribution in [0.15, 0.2) is 90.1 Å². The highest BCUT2D eigenvalue weighted by Gasteiger charge is 2.14. The van der Waals surface area contributed by atoms with Gasteiger partial charge in [-0.1, -0.05) is 54.2 Å². The number of ether oxygens (including phenoxy) is 1. The number of thioether (sulfide) groups is 1. The number of hydrogen-bond acceptors (Lipinski definition) is 6. The minimum absolute atomic E-state index is 0.150. The van der Waals surface area contributed by atoms with Gasteiger partial charge < -0.3 is 19.9 Å². The van der Waals surface area contributed by atoms with Gasteiger partial charge in [0.15, 0.2) is 11.0 Å². The third kappa shape index (κ3) is 6.61. The molecule has 1 heterocycles. The van der Waals surface area contributed by atoms with Crippen molar-refractivity contribution >= 4 is 41.0 Å². The van der Waals surface area contributed by atoms with Gasteiger partial charge in [0.1, 0.15) is 5.75 Å². The van der Waals surface area contributed by atoms with Crippen LogP contribution in [-0.2, 0) is 16.6 Å². The number of carbonyl (C=O) groups excluding carboxylic acids is 2. The number of rotatable bonds is 9. The zero-order chi connectivity index (χ0) is 25.3. The summed E-state index contributed by atoms with van der Waals surface area (Å²) >= 11 is 1.29. The van der Waals surface area contributed by atoms with Gasteiger partial charge in [-0.3, -0.25) is 9.59 Å². The lowest BCUT2D eigenvalue weighted by Gasteiger charge is -2.07. The van der Waals surface area contributed by atoms with Gasteiger partial charge in [-0.05, 0) is 48.0 Å². The highest BCUT2D eigenvalue weighted by Crippen LogP contribution is 2.25. The van der Waals surface area contributed by atoms with Crippen molar-refractivity contribution in [3.63, 3.8) is 0 Å². The van der Waals surface area contributed by atoms with Crippen LogP contribution in [0.5, 0.6) is 5.75 Å². The highest BCUT2D eigenvalue weighted by molar-refractivity contribution is 7.99. The number of carbonyl (C=O) groups is 2. The summed E-state index contributed by atoms with van der Waals surface area (Å²) in [6, 6.07) is 24.1. The fourth-order valence-electron chi connectivity index (χ4n) is 3.35. The van der Waals surface area contributed by atoms with E-state index in [0.29, 0.717) is 22.4 Å². The predicted octanol–water partition coefficient (Wildman–Crippen LogP) is 4.87. The SMILES string of the molecule is COc1ccc(NC(=O)CSc2nnc(-c3cccc(NC(=O)C=Cc4ccccc4)c3)n2C)cc1. The van der Waals surface area contributed by atoms with E-state index in [1.165, 1.54) is 17.8 Å². The quantitative estimate of drug-likeness (QED) is 0.252. The molecule has 8 nitrogen and oxygen atoms in total. The van der Waals surface area contributed by atoms with E-state index in [4.69, 9.17) is 4.74 Å². The molecule has 0 aliphatic rings. The van der Waals surface area contributed by atoms with Crippen LogP contribution in [0.2, 0.25) is 0 Å². The van der Waals surface area contributed by atoms with E-state index in [1.807, 2.05) is 66.2 Å². The smallest absolute Gasteiger partial charge is 0.248 e. The van der Waals surface area contributed by atoms with Crippen LogP contribution in [0.25, 0.3) is 17.5 Å². The Kier molecular flexibility index (Phi) is 8.15. The number of benzene rings is 3. The third-order valence-corrected chi connectivity index (χ3v) is 6.18. The Hall–Kier alpha value is -4.37. The van der Waals surface area contributed by atoms with E-state index < -0.39 is 0 Å². The lowest BCUT2D eigenvalue weighted by molar-refractivity contribution is -0.114. The van der Waals surface area contributed by atoms with Crippen molar-refractivity contribution in [3.8, 4) is 17.1 Å². The standard InChI is InChI=1S/C27H25N5O3S/c1-32-26(30-31-27(32)36-18-25(34)28-21-12-14-23(35-2)15-13-21)20-9-6-10-22(17-20)29-24(33)16-11-19-7-4-3-5-8-19/h3-17H,18H2,1-2H3,(H,28,34)(H,29,33). The molecule has 36 heavy (non-hydrogen) atoms. The van der Waals surface area contributed by atoms with Crippen molar-refractivity contribution < 1.29 is 14.3 Å². The Morgan fingerprint density at radius 3 is 2.47 bits per heavy atom. The average Bonchev–Trinajstić information content (AvgIpc) is 3.27. The van der Waals surface area contributed by atoms with Crippen LogP contribution in [0.4, 0.5) is 11.4 Å². The van der Waals surface area contributed by atoms with Crippen LogP contribution < -0.4 is 15.4 Å². The fraction of sp³-hybridized carbons (Fsp3) is 0.111. The highest BCUT2D eigenvalue weighted by atomic mass is 32.2. The van der Waals surface area contributed by atoms with E-state index in [2.05, 4.69) is 20.8 Å². The number of methoxy groups -OCH3 is 1. The Labute approximate surface area is 213 Å². The van der Waals surface area contributed by atoms with Gasteiger partial charge in [0.2, 0.25) is 11.8 Å². The van der Waals surface area contributed by atoms with Crippen LogP contribution in [0, 0.1) is 0 Å². The molecule has 0 saturated heterocycles. The molecule has 4 rings (SSSR count). The van der Waals surface area contributed by atoms with E-state index in [9.17, 15) is 9.59 Å². The molecule has 0 spiro atoms. The molecule has 0 fully saturated rings. The number of nitrogens with zero attached hydrogens (tertiary/aromatic N) is 3. The van der Waals surface area contributed by atoms with Crippen molar-refractivity contribution in [3.05, 3.63) is 90.5 Å². The molecule has 0 unspecified atom stereocenters. The fourth-order valence-corrected chi connectivity index (χ4v) is 4.06. The summed E-state index contributed by atoms with van der Waals surface area (Å²) in [6.07, 6.45) is 3.26. The molecule has 2 amide bonds. The molecule has 4 aromatic rings. The first-order chi connectivity index (χ1) is 17.5. The number of nitrogens with one attached hydrogen (secondary N) is 2. The van der Waals surface area contributed by atoms with Crippen molar-refractivity contribution in [1.82, 2.24) is 14.8 Å². The minimum Gasteiger partial charge on any atom is -0.497 e. The normalized spacial score (nSPS) is 10.8. The summed E-state index contributed by atoms with van der Waals surface area (Å²) in [7, 11) is 3.43. The van der Waals surface area contributed by atoms with Crippen LogP contribution in [0.1, 0.15) is 5.56 Å². The Morgan fingerprint density at radius 1 is 0.944 bits per heavy atom. The molecule has 182 valence electrons. The molecular formula is C27H25N5O3S. The summed E-state index contributed by atoms with van der Waals surface area (Å²) in [5, 5.41) is 14.8. The molecule has 9 heteroatoms. The molecule has 0 radical (unpaired) electrons. The Morgan fingerprint density at radius 2 is 1.72 bits per heavy atom. The van der Waals surface area contributed by atoms with Crippen molar-refractivity contribution in [2.75, 3.05) is 23.5 Å². The third-order valence-electron chi connectivity index (χ3n) is 5.16. The predicted molar refractivity (Wildman–Crippen MR) is 143 cm³/mol. The Balaban J connectivity index is 1.36. The van der Waals surface area contributed by atoms with Gasteiger partial charge in [-0.15, -0.1) is 10.2 Å². The second-order valence-electron chi connectivity index (χ2n) is 7.74. The maximum atomic E-state index is 12.4. The van der Waals surface area contributed by atoms with Gasteiger partial charge in [0.25, 0.3) is 0 Å². The van der Waals surface area contributed by atoms with E-state index >= 15 is 0 Å². The summed E-state index contributed by atoms with van der Waals surface area (Å²) in [5.41, 5.74) is 3.08. The molecule has 0 aliphatic heterocycles. The molecule has 0 saturated carbocycles. The maximum absolute atomic E-state index is 12.4. The monoisotopic (exact) mass is 499 g/mol. The van der Waals surface area contributed by atoms with E-state index in [-0.39, 0.29) is 17.6 Å². The molecule has 0 aliphatic carbocycles. The van der Waals surface area contributed by atoms with Gasteiger partial charge in [0, 0.05) is 30.1 Å². The number of anilines is 2. The summed E-state index contributed by atoms with van der Waals surface area (Å²) in [6.45, 7) is 0. The zero-order valence-corrected chi connectivity index (χ0v) is 20.7. The average molecular weight is 500 g/mol. The lowest BCUT2D eigenvalue weighted by atomic mass is 10.2. The molecule has 1 aromatic heterocycles. The van der Waals surface area contributed by atoms with Gasteiger partial charge >= 0.3 is 0 Å². The second kappa shape index (κ2) is 11.9. The number of amides is 2. The zero-order valence-electron chi connectivity index (χ0n) is 19.8. The largest absolute Gasteiger partial charge is 0.497 e. The summed E-state index contributed by atoms with van der Waals surface area (Å²) in [4.78, 5) is 24.7. The van der Waals surface area contributed by atoms with Crippen molar-refractivity contribution in [2.45, 2.75) is 5.16 Å². The first-order valence-corrected chi connectivity index (χ1v) is 12.1. The van der Waals surface area contributed by atoms with Crippen molar-refractivity contribution in [1.29, 1.82) is 0 Å². The van der Waals surface area contributed by atoms with Gasteiger partial charge in [-0.25, -0.2) is 0 Å². The molecule has 2 N–H and O–H groups in total. The van der Waals surface area contributed by atoms with Crippen LogP contribution in [-0.4, -0.2) is 39.4 Å². The van der Waals surface area contributed by atoms with Crippen LogP contribution >= 0.6 is 11.8 Å². The molecular weight excluding hydrogens is 474 g/mol. The molecule has 0 atom stereocenters. The number of aromatic nitrogens is 3. The van der Waals surface area contributed by atoms with Crippen molar-refractivity contribution in [2.24, 2.45) is 7.05 Å². The second-order valence-corrected chi connectivity index (χ2v) is 8.69. The first-order valence-electron chi connectivity index (χ1n) is 11.1. The minimum atomic E-state index is -0.229. The van der Waals surface area contributed by atoms with E-state index in [0.717, 1.165) is 16.9 Å². The maximum Gasteiger partial charge on any atom is 0.248 e. The Bertz CT molecular complexity index is 1370. The van der Waals surface area contributed by atoms with Gasteiger partial charge in [0.05, 0.1) is 12.9 Å². The molecule has 3 aromatic carbocycles. The van der Waals surface area contributed by atoms with Crippen LogP contribution in [0.3, 0.4) is 0 Å².